The predicted octanol–water partition coefficient (Wildman–Crippen LogP) is 2.18. The third kappa shape index (κ3) is 2.23. The topological polar surface area (TPSA) is 40.6 Å². The van der Waals surface area contributed by atoms with Crippen LogP contribution in [-0.2, 0) is 9.59 Å². The van der Waals surface area contributed by atoms with Crippen molar-refractivity contribution < 1.29 is 9.59 Å². The number of hydrogen-bond acceptors (Lipinski definition) is 2. The maximum atomic E-state index is 11.8. The number of hydrogen-bond donors (Lipinski definition) is 0. The Kier molecular flexibility index (Phi) is 3.36. The Labute approximate surface area is 107 Å². The second-order valence-corrected chi connectivity index (χ2v) is 4.75. The molecule has 1 aromatic rings. The average molecular weight is 246 g/mol. The van der Waals surface area contributed by atoms with Crippen LogP contribution in [0.25, 0.3) is 0 Å². The predicted molar refractivity (Wildman–Crippen MR) is 71.7 cm³/mol. The van der Waals surface area contributed by atoms with Gasteiger partial charge in [-0.1, -0.05) is 0 Å². The molecule has 0 radical (unpaired) electrons. The zero-order valence-electron chi connectivity index (χ0n) is 11.0. The fourth-order valence-electron chi connectivity index (χ4n) is 2.24. The van der Waals surface area contributed by atoms with Gasteiger partial charge < -0.3 is 9.80 Å². The highest BCUT2D eigenvalue weighted by molar-refractivity contribution is 5.96. The molecule has 0 aliphatic carbocycles. The van der Waals surface area contributed by atoms with E-state index >= 15 is 0 Å². The van der Waals surface area contributed by atoms with Crippen LogP contribution in [0, 0.1) is 0 Å². The molecule has 96 valence electrons. The van der Waals surface area contributed by atoms with Crippen LogP contribution < -0.4 is 9.80 Å². The van der Waals surface area contributed by atoms with Crippen molar-refractivity contribution in [2.45, 2.75) is 32.7 Å². The zero-order valence-corrected chi connectivity index (χ0v) is 11.0. The number of anilines is 2. The minimum Gasteiger partial charge on any atom is -0.316 e. The Morgan fingerprint density at radius 3 is 2.39 bits per heavy atom. The number of amides is 2. The standard InChI is InChI=1S/C14H18N2O2/c1-10-4-9-14(18)16(10)13-7-5-12(6-8-13)15(3)11(2)17/h5-8,10H,4,9H2,1-3H3. The maximum absolute atomic E-state index is 11.8. The first-order chi connectivity index (χ1) is 8.50. The molecule has 1 aliphatic rings. The molecule has 0 N–H and O–H groups in total. The van der Waals surface area contributed by atoms with Crippen LogP contribution in [0.5, 0.6) is 0 Å². The highest BCUT2D eigenvalue weighted by atomic mass is 16.2. The summed E-state index contributed by atoms with van der Waals surface area (Å²) in [6, 6.07) is 7.79. The molecule has 18 heavy (non-hydrogen) atoms. The first-order valence-corrected chi connectivity index (χ1v) is 6.17. The Morgan fingerprint density at radius 2 is 1.94 bits per heavy atom. The summed E-state index contributed by atoms with van der Waals surface area (Å²) < 4.78 is 0. The highest BCUT2D eigenvalue weighted by Crippen LogP contribution is 2.28. The molecule has 1 atom stereocenters. The molecule has 0 spiro atoms. The third-order valence-electron chi connectivity index (χ3n) is 3.47. The molecule has 0 aromatic heterocycles. The molecule has 0 bridgehead atoms. The molecule has 1 aliphatic heterocycles. The summed E-state index contributed by atoms with van der Waals surface area (Å²) >= 11 is 0. The Bertz CT molecular complexity index is 467. The van der Waals surface area contributed by atoms with E-state index in [2.05, 4.69) is 6.92 Å². The summed E-state index contributed by atoms with van der Waals surface area (Å²) in [5.41, 5.74) is 1.75. The van der Waals surface area contributed by atoms with Crippen LogP contribution in [0.3, 0.4) is 0 Å². The molecule has 1 heterocycles. The fourth-order valence-corrected chi connectivity index (χ4v) is 2.24. The Hall–Kier alpha value is -1.84. The molecule has 4 nitrogen and oxygen atoms in total. The Balaban J connectivity index is 2.22. The molecule has 1 fully saturated rings. The number of benzene rings is 1. The molecule has 0 saturated carbocycles. The van der Waals surface area contributed by atoms with Gasteiger partial charge in [0.15, 0.2) is 0 Å². The summed E-state index contributed by atoms with van der Waals surface area (Å²) in [4.78, 5) is 26.4. The van der Waals surface area contributed by atoms with Crippen molar-refractivity contribution in [1.29, 1.82) is 0 Å². The van der Waals surface area contributed by atoms with Gasteiger partial charge in [0, 0.05) is 37.8 Å². The van der Waals surface area contributed by atoms with E-state index in [0.29, 0.717) is 6.42 Å². The van der Waals surface area contributed by atoms with Crippen molar-refractivity contribution in [2.75, 3.05) is 16.8 Å². The number of nitrogens with zero attached hydrogens (tertiary/aromatic N) is 2. The minimum absolute atomic E-state index is 0.00614. The quantitative estimate of drug-likeness (QED) is 0.802. The SMILES string of the molecule is CC(=O)N(C)c1ccc(N2C(=O)CCC2C)cc1. The van der Waals surface area contributed by atoms with Crippen molar-refractivity contribution in [3.8, 4) is 0 Å². The smallest absolute Gasteiger partial charge is 0.227 e. The summed E-state index contributed by atoms with van der Waals surface area (Å²) in [5, 5.41) is 0. The molecule has 2 rings (SSSR count). The van der Waals surface area contributed by atoms with E-state index in [4.69, 9.17) is 0 Å². The molecule has 1 unspecified atom stereocenters. The lowest BCUT2D eigenvalue weighted by molar-refractivity contribution is -0.117. The van der Waals surface area contributed by atoms with Gasteiger partial charge in [-0.2, -0.15) is 0 Å². The molecular formula is C14H18N2O2. The number of carbonyl (C=O) groups excluding carboxylic acids is 2. The van der Waals surface area contributed by atoms with Crippen LogP contribution in [-0.4, -0.2) is 24.9 Å². The lowest BCUT2D eigenvalue weighted by atomic mass is 10.2. The fraction of sp³-hybridized carbons (Fsp3) is 0.429. The lowest BCUT2D eigenvalue weighted by Gasteiger charge is -2.23. The zero-order chi connectivity index (χ0) is 13.3. The van der Waals surface area contributed by atoms with Gasteiger partial charge in [0.05, 0.1) is 0 Å². The van der Waals surface area contributed by atoms with Gasteiger partial charge in [0.1, 0.15) is 0 Å². The van der Waals surface area contributed by atoms with Crippen LogP contribution in [0.15, 0.2) is 24.3 Å². The average Bonchev–Trinajstić information content (AvgIpc) is 2.68. The number of carbonyl (C=O) groups is 2. The van der Waals surface area contributed by atoms with Crippen LogP contribution in [0.4, 0.5) is 11.4 Å². The summed E-state index contributed by atoms with van der Waals surface area (Å²) in [7, 11) is 1.74. The van der Waals surface area contributed by atoms with E-state index in [9.17, 15) is 9.59 Å². The second-order valence-electron chi connectivity index (χ2n) is 4.75. The van der Waals surface area contributed by atoms with E-state index in [-0.39, 0.29) is 17.9 Å². The van der Waals surface area contributed by atoms with Gasteiger partial charge in [0.25, 0.3) is 0 Å². The molecule has 1 aromatic carbocycles. The van der Waals surface area contributed by atoms with E-state index in [1.54, 1.807) is 11.9 Å². The monoisotopic (exact) mass is 246 g/mol. The molecule has 1 saturated heterocycles. The molecular weight excluding hydrogens is 228 g/mol. The van der Waals surface area contributed by atoms with Gasteiger partial charge >= 0.3 is 0 Å². The maximum Gasteiger partial charge on any atom is 0.227 e. The first-order valence-electron chi connectivity index (χ1n) is 6.17. The normalized spacial score (nSPS) is 19.2. The summed E-state index contributed by atoms with van der Waals surface area (Å²) in [5.74, 6) is 0.170. The lowest BCUT2D eigenvalue weighted by Crippen LogP contribution is -2.30. The molecule has 2 amide bonds. The number of rotatable bonds is 2. The van der Waals surface area contributed by atoms with Crippen molar-refractivity contribution in [1.82, 2.24) is 0 Å². The van der Waals surface area contributed by atoms with E-state index in [0.717, 1.165) is 17.8 Å². The third-order valence-corrected chi connectivity index (χ3v) is 3.47. The van der Waals surface area contributed by atoms with Gasteiger partial charge in [-0.05, 0) is 37.6 Å². The van der Waals surface area contributed by atoms with Crippen LogP contribution in [0.1, 0.15) is 26.7 Å². The van der Waals surface area contributed by atoms with Crippen molar-refractivity contribution in [3.05, 3.63) is 24.3 Å². The van der Waals surface area contributed by atoms with Crippen molar-refractivity contribution in [2.24, 2.45) is 0 Å². The second kappa shape index (κ2) is 4.80. The highest BCUT2D eigenvalue weighted by Gasteiger charge is 2.28. The van der Waals surface area contributed by atoms with Gasteiger partial charge in [-0.15, -0.1) is 0 Å². The van der Waals surface area contributed by atoms with Gasteiger partial charge in [0.2, 0.25) is 11.8 Å². The van der Waals surface area contributed by atoms with Crippen molar-refractivity contribution in [3.63, 3.8) is 0 Å². The van der Waals surface area contributed by atoms with E-state index in [1.807, 2.05) is 29.2 Å². The van der Waals surface area contributed by atoms with E-state index < -0.39 is 0 Å². The molecule has 4 heteroatoms. The largest absolute Gasteiger partial charge is 0.316 e. The van der Waals surface area contributed by atoms with Crippen molar-refractivity contribution >= 4 is 23.2 Å². The van der Waals surface area contributed by atoms with Crippen LogP contribution >= 0.6 is 0 Å². The van der Waals surface area contributed by atoms with Gasteiger partial charge in [-0.3, -0.25) is 9.59 Å². The minimum atomic E-state index is -0.00614. The van der Waals surface area contributed by atoms with E-state index in [1.165, 1.54) is 6.92 Å². The Morgan fingerprint density at radius 1 is 1.33 bits per heavy atom. The first kappa shape index (κ1) is 12.6. The van der Waals surface area contributed by atoms with Crippen LogP contribution in [0.2, 0.25) is 0 Å². The summed E-state index contributed by atoms with van der Waals surface area (Å²) in [6.07, 6.45) is 1.53. The summed E-state index contributed by atoms with van der Waals surface area (Å²) in [6.45, 7) is 3.58. The van der Waals surface area contributed by atoms with Gasteiger partial charge in [-0.25, -0.2) is 0 Å².